The number of rotatable bonds is 19. The van der Waals surface area contributed by atoms with Crippen LogP contribution in [0.15, 0.2) is 118 Å². The number of carboxylic acids is 1. The summed E-state index contributed by atoms with van der Waals surface area (Å²) in [6.45, 7) is -2.02. The van der Waals surface area contributed by atoms with Crippen molar-refractivity contribution < 1.29 is 88.8 Å². The highest BCUT2D eigenvalue weighted by molar-refractivity contribution is 7.86. The number of nitro benzene ring substituents is 1. The summed E-state index contributed by atoms with van der Waals surface area (Å²) in [5.41, 5.74) is -3.96. The number of carboxylic acid groups (broad SMARTS) is 1. The molecule has 69 heavy (non-hydrogen) atoms. The lowest BCUT2D eigenvalue weighted by Crippen LogP contribution is -2.04. The van der Waals surface area contributed by atoms with Crippen LogP contribution in [0.3, 0.4) is 0 Å². The van der Waals surface area contributed by atoms with Gasteiger partial charge in [-0.1, -0.05) is 0 Å². The fourth-order valence-electron chi connectivity index (χ4n) is 5.91. The third-order valence-corrected chi connectivity index (χ3v) is 11.5. The highest BCUT2D eigenvalue weighted by Crippen LogP contribution is 2.46. The van der Waals surface area contributed by atoms with Crippen molar-refractivity contribution in [2.75, 3.05) is 31.9 Å². The molecule has 0 atom stereocenters. The van der Waals surface area contributed by atoms with Crippen LogP contribution < -0.4 is 15.0 Å². The number of non-ortho nitro benzene ring substituents is 1. The van der Waals surface area contributed by atoms with E-state index in [4.69, 9.17) is 14.7 Å². The Balaban J connectivity index is 1.44. The Morgan fingerprint density at radius 3 is 1.74 bits per heavy atom. The Labute approximate surface area is 384 Å². The van der Waals surface area contributed by atoms with E-state index >= 15 is 0 Å². The zero-order chi connectivity index (χ0) is 50.6. The van der Waals surface area contributed by atoms with Crippen molar-refractivity contribution in [3.8, 4) is 28.8 Å². The minimum Gasteiger partial charge on any atom is -0.505 e. The minimum atomic E-state index is -5.32. The molecular formula is C36H30N10O20S3. The fraction of sp³-hybridized carbons (Fsp3) is 0.111. The molecule has 30 nitrogen and oxygen atoms in total. The van der Waals surface area contributed by atoms with Crippen LogP contribution in [-0.4, -0.2) is 117 Å². The number of nitrogens with zero attached hydrogens (tertiary/aromatic N) is 9. The zero-order valence-electron chi connectivity index (χ0n) is 34.0. The van der Waals surface area contributed by atoms with Crippen molar-refractivity contribution in [2.45, 2.75) is 14.7 Å². The molecule has 0 fully saturated rings. The summed E-state index contributed by atoms with van der Waals surface area (Å²) in [6.07, 6.45) is 0. The topological polar surface area (TPSA) is 467 Å². The number of phenols is 1. The number of anilines is 1. The number of nitrogens with one attached hydrogen (secondary N) is 1. The van der Waals surface area contributed by atoms with E-state index in [2.05, 4.69) is 35.8 Å². The largest absolute Gasteiger partial charge is 0.505 e. The number of aliphatic hydroxyl groups is 2. The molecule has 0 bridgehead atoms. The van der Waals surface area contributed by atoms with Crippen molar-refractivity contribution in [3.63, 3.8) is 0 Å². The first kappa shape index (κ1) is 50.3. The van der Waals surface area contributed by atoms with Crippen molar-refractivity contribution in [2.24, 2.45) is 30.7 Å². The van der Waals surface area contributed by atoms with Gasteiger partial charge < -0.3 is 35.0 Å². The number of aliphatic hydroxyl groups excluding tert-OH is 2. The number of aromatic carboxylic acids is 1. The van der Waals surface area contributed by atoms with E-state index in [1.54, 1.807) is 5.48 Å². The average molecular weight is 1020 g/mol. The predicted molar refractivity (Wildman–Crippen MR) is 230 cm³/mol. The highest BCUT2D eigenvalue weighted by Gasteiger charge is 2.27. The van der Waals surface area contributed by atoms with E-state index in [1.807, 2.05) is 0 Å². The van der Waals surface area contributed by atoms with Gasteiger partial charge in [0.05, 0.1) is 29.5 Å². The fourth-order valence-corrected chi connectivity index (χ4v) is 7.86. The van der Waals surface area contributed by atoms with Gasteiger partial charge in [-0.15, -0.1) is 30.7 Å². The van der Waals surface area contributed by atoms with Gasteiger partial charge in [-0.05, 0) is 53.9 Å². The smallest absolute Gasteiger partial charge is 0.358 e. The summed E-state index contributed by atoms with van der Waals surface area (Å²) in [5, 5.41) is 97.7. The SMILES string of the molecule is O=C(O)c1nn(-c2ccc3c(O)c(/N=N/c4cc(OCCO)c(/N=N/c5ccc([N+](=O)[O-])cc5S(=O)(=O)O)cc4OCCO)c(S(=O)(=O)O)cc3c2)c(O)c1/N=N/c1ccc(NO)cc1S(=O)(=O)O. The van der Waals surface area contributed by atoms with Gasteiger partial charge in [0.1, 0.15) is 67.8 Å². The third-order valence-electron chi connectivity index (χ3n) is 8.91. The Kier molecular flexibility index (Phi) is 14.6. The summed E-state index contributed by atoms with van der Waals surface area (Å²) < 4.78 is 115. The predicted octanol–water partition coefficient (Wildman–Crippen LogP) is 5.57. The maximum Gasteiger partial charge on any atom is 0.358 e. The maximum atomic E-state index is 12.8. The molecule has 6 aromatic rings. The van der Waals surface area contributed by atoms with Gasteiger partial charge in [0.15, 0.2) is 11.4 Å². The number of ether oxygens (including phenoxy) is 2. The lowest BCUT2D eigenvalue weighted by Gasteiger charge is -2.13. The summed E-state index contributed by atoms with van der Waals surface area (Å²) in [4.78, 5) is 19.5. The third kappa shape index (κ3) is 11.2. The van der Waals surface area contributed by atoms with Gasteiger partial charge >= 0.3 is 5.97 Å². The Morgan fingerprint density at radius 2 is 1.20 bits per heavy atom. The van der Waals surface area contributed by atoms with E-state index in [-0.39, 0.29) is 45.0 Å². The lowest BCUT2D eigenvalue weighted by molar-refractivity contribution is -0.385. The molecule has 10 N–H and O–H groups in total. The molecular weight excluding hydrogens is 989 g/mol. The number of azo groups is 3. The van der Waals surface area contributed by atoms with Gasteiger partial charge in [0.25, 0.3) is 36.0 Å². The van der Waals surface area contributed by atoms with E-state index in [1.165, 1.54) is 0 Å². The van der Waals surface area contributed by atoms with Gasteiger partial charge in [0, 0.05) is 29.7 Å². The van der Waals surface area contributed by atoms with Gasteiger partial charge in [-0.3, -0.25) is 34.5 Å². The van der Waals surface area contributed by atoms with Crippen LogP contribution in [0.5, 0.6) is 23.1 Å². The first-order chi connectivity index (χ1) is 32.5. The number of nitro groups is 1. The van der Waals surface area contributed by atoms with Crippen LogP contribution in [0, 0.1) is 10.1 Å². The number of benzene rings is 5. The molecule has 0 amide bonds. The summed E-state index contributed by atoms with van der Waals surface area (Å²) >= 11 is 0. The van der Waals surface area contributed by atoms with Crippen LogP contribution in [0.25, 0.3) is 16.5 Å². The van der Waals surface area contributed by atoms with Crippen molar-refractivity contribution in [1.82, 2.24) is 9.78 Å². The number of hydrogen-bond donors (Lipinski definition) is 10. The number of hydrogen-bond acceptors (Lipinski definition) is 24. The molecule has 1 aromatic heterocycles. The zero-order valence-corrected chi connectivity index (χ0v) is 36.5. The Hall–Kier alpha value is -8.15. The standard InChI is InChI=1S/C36H30N10O20S3/c47-7-9-65-26-16-25(27(66-10-8-48)15-24(26)39-37-23-6-3-20(46(54)55)14-29(23)68(59,60)61)40-41-31-30(69(62,63)64)12-17-11-19(2-4-21(17)34(31)49)45-35(50)32(33(43-45)36(51)52)42-38-22-5-1-18(44-53)13-28(22)67(56,57)58/h1-6,11-16,44,47-50,53H,7-10H2,(H,51,52)(H,56,57,58)(H,59,60,61)(H,62,63,64)/b39-37+,41-40+,42-38+. The number of fused-ring (bicyclic) bond motifs is 1. The molecule has 1 heterocycles. The Morgan fingerprint density at radius 1 is 0.681 bits per heavy atom. The van der Waals surface area contributed by atoms with Gasteiger partial charge in [0.2, 0.25) is 11.6 Å². The first-order valence-electron chi connectivity index (χ1n) is 18.5. The summed E-state index contributed by atoms with van der Waals surface area (Å²) in [6, 6.07) is 11.3. The molecule has 0 aliphatic carbocycles. The maximum absolute atomic E-state index is 12.8. The number of carbonyl (C=O) groups is 1. The number of aromatic nitrogens is 2. The molecule has 0 aliphatic heterocycles. The second-order valence-corrected chi connectivity index (χ2v) is 17.5. The molecule has 33 heteroatoms. The molecule has 0 radical (unpaired) electrons. The average Bonchev–Trinajstić information content (AvgIpc) is 3.63. The minimum absolute atomic E-state index is 0.196. The van der Waals surface area contributed by atoms with Crippen molar-refractivity contribution in [1.29, 1.82) is 0 Å². The second-order valence-electron chi connectivity index (χ2n) is 13.4. The summed E-state index contributed by atoms with van der Waals surface area (Å²) in [7, 11) is -15.4. The second kappa shape index (κ2) is 20.0. The van der Waals surface area contributed by atoms with Crippen LogP contribution >= 0.6 is 0 Å². The van der Waals surface area contributed by atoms with Crippen LogP contribution in [-0.2, 0) is 30.4 Å². The van der Waals surface area contributed by atoms with Gasteiger partial charge in [-0.2, -0.15) is 35.0 Å². The highest BCUT2D eigenvalue weighted by atomic mass is 32.2. The molecule has 0 saturated heterocycles. The molecule has 0 unspecified atom stereocenters. The van der Waals surface area contributed by atoms with Crippen molar-refractivity contribution in [3.05, 3.63) is 88.6 Å². The van der Waals surface area contributed by atoms with Crippen LogP contribution in [0.2, 0.25) is 0 Å². The lowest BCUT2D eigenvalue weighted by atomic mass is 10.1. The molecule has 5 aromatic carbocycles. The van der Waals surface area contributed by atoms with E-state index < -0.39 is 128 Å². The first-order valence-corrected chi connectivity index (χ1v) is 22.8. The number of phenolic OH excluding ortho intramolecular Hbond substituents is 1. The van der Waals surface area contributed by atoms with E-state index in [0.717, 1.165) is 66.7 Å². The molecule has 0 aliphatic rings. The van der Waals surface area contributed by atoms with Crippen LogP contribution in [0.4, 0.5) is 45.5 Å². The molecule has 0 saturated carbocycles. The van der Waals surface area contributed by atoms with Gasteiger partial charge in [-0.25, -0.2) is 4.79 Å². The molecule has 6 rings (SSSR count). The normalized spacial score (nSPS) is 12.4. The molecule has 0 spiro atoms. The van der Waals surface area contributed by atoms with Crippen LogP contribution in [0.1, 0.15) is 10.5 Å². The van der Waals surface area contributed by atoms with E-state index in [0.29, 0.717) is 10.7 Å². The monoisotopic (exact) mass is 1020 g/mol. The molecule has 362 valence electrons. The summed E-state index contributed by atoms with van der Waals surface area (Å²) in [5.74, 6) is -4.35. The number of aromatic hydroxyl groups is 2. The van der Waals surface area contributed by atoms with Crippen molar-refractivity contribution >= 4 is 92.6 Å². The quantitative estimate of drug-likeness (QED) is 0.0205. The Bertz CT molecular complexity index is 3490. The van der Waals surface area contributed by atoms with E-state index in [9.17, 15) is 79.4 Å².